The Labute approximate surface area is 134 Å². The highest BCUT2D eigenvalue weighted by molar-refractivity contribution is 5.85. The fourth-order valence-electron chi connectivity index (χ4n) is 1.39. The molecule has 1 aromatic carbocycles. The van der Waals surface area contributed by atoms with Gasteiger partial charge in [-0.3, -0.25) is 4.99 Å². The van der Waals surface area contributed by atoms with Crippen molar-refractivity contribution in [3.05, 3.63) is 60.8 Å². The minimum absolute atomic E-state index is 0.340. The molecule has 0 unspecified atom stereocenters. The minimum Gasteiger partial charge on any atom is -0.496 e. The van der Waals surface area contributed by atoms with Gasteiger partial charge in [-0.15, -0.1) is 13.2 Å². The lowest BCUT2D eigenvalue weighted by Gasteiger charge is -2.11. The molecule has 0 saturated heterocycles. The third-order valence-corrected chi connectivity index (χ3v) is 2.23. The molecule has 0 saturated carbocycles. The third kappa shape index (κ3) is 8.50. The lowest BCUT2D eigenvalue weighted by molar-refractivity contribution is -0.274. The van der Waals surface area contributed by atoms with E-state index in [4.69, 9.17) is 4.74 Å². The smallest absolute Gasteiger partial charge is 0.496 e. The van der Waals surface area contributed by atoms with E-state index in [0.29, 0.717) is 17.0 Å². The number of hydrogen-bond donors (Lipinski definition) is 0. The maximum atomic E-state index is 12.2. The van der Waals surface area contributed by atoms with Crippen molar-refractivity contribution in [3.63, 3.8) is 0 Å². The highest BCUT2D eigenvalue weighted by atomic mass is 19.4. The molecule has 0 N–H and O–H groups in total. The summed E-state index contributed by atoms with van der Waals surface area (Å²) in [6, 6.07) is 3.71. The lowest BCUT2D eigenvalue weighted by atomic mass is 10.2. The summed E-state index contributed by atoms with van der Waals surface area (Å²) in [6.45, 7) is 11.2. The summed E-state index contributed by atoms with van der Waals surface area (Å²) in [6.07, 6.45) is 1.39. The van der Waals surface area contributed by atoms with Crippen LogP contribution in [0.4, 0.5) is 13.2 Å². The molecule has 0 heterocycles. The summed E-state index contributed by atoms with van der Waals surface area (Å²) in [5, 5.41) is 0. The molecular formula is C17H20F3NO2. The quantitative estimate of drug-likeness (QED) is 0.525. The second-order valence-corrected chi connectivity index (χ2v) is 3.80. The maximum Gasteiger partial charge on any atom is 0.573 e. The molecule has 1 aromatic rings. The largest absolute Gasteiger partial charge is 0.573 e. The van der Waals surface area contributed by atoms with Crippen molar-refractivity contribution in [2.75, 3.05) is 7.11 Å². The Bertz CT molecular complexity index is 576. The zero-order valence-corrected chi connectivity index (χ0v) is 13.4. The SMILES string of the molecule is C=C/C=C\C(=C)N=Cc1cc(OC(F)(F)F)ccc1OC.CC. The molecule has 0 bridgehead atoms. The highest BCUT2D eigenvalue weighted by Crippen LogP contribution is 2.27. The van der Waals surface area contributed by atoms with Crippen LogP contribution in [0.1, 0.15) is 19.4 Å². The fraction of sp³-hybridized carbons (Fsp3) is 0.235. The molecule has 1 rings (SSSR count). The van der Waals surface area contributed by atoms with Gasteiger partial charge in [-0.25, -0.2) is 0 Å². The molecule has 0 spiro atoms. The number of aliphatic imine (C=N–C) groups is 1. The number of alkyl halides is 3. The van der Waals surface area contributed by atoms with Crippen molar-refractivity contribution in [2.45, 2.75) is 20.2 Å². The Morgan fingerprint density at radius 3 is 2.43 bits per heavy atom. The fourth-order valence-corrected chi connectivity index (χ4v) is 1.39. The van der Waals surface area contributed by atoms with Crippen LogP contribution < -0.4 is 9.47 Å². The van der Waals surface area contributed by atoms with E-state index in [0.717, 1.165) is 6.07 Å². The van der Waals surface area contributed by atoms with E-state index >= 15 is 0 Å². The normalized spacial score (nSPS) is 11.0. The molecule has 0 radical (unpaired) electrons. The summed E-state index contributed by atoms with van der Waals surface area (Å²) in [5.74, 6) is 0.0192. The van der Waals surface area contributed by atoms with Crippen molar-refractivity contribution >= 4 is 6.21 Å². The number of ether oxygens (including phenoxy) is 2. The summed E-state index contributed by atoms with van der Waals surface area (Å²) in [7, 11) is 1.41. The molecule has 3 nitrogen and oxygen atoms in total. The van der Waals surface area contributed by atoms with E-state index in [9.17, 15) is 13.2 Å². The predicted molar refractivity (Wildman–Crippen MR) is 87.1 cm³/mol. The van der Waals surface area contributed by atoms with Gasteiger partial charge < -0.3 is 9.47 Å². The van der Waals surface area contributed by atoms with E-state index in [1.54, 1.807) is 18.2 Å². The summed E-state index contributed by atoms with van der Waals surface area (Å²) in [5.41, 5.74) is 0.756. The van der Waals surface area contributed by atoms with Crippen molar-refractivity contribution < 1.29 is 22.6 Å². The molecule has 126 valence electrons. The van der Waals surface area contributed by atoms with Gasteiger partial charge in [0.15, 0.2) is 0 Å². The molecule has 0 aliphatic rings. The van der Waals surface area contributed by atoms with E-state index < -0.39 is 6.36 Å². The Hall–Kier alpha value is -2.50. The van der Waals surface area contributed by atoms with Crippen molar-refractivity contribution in [2.24, 2.45) is 4.99 Å². The standard InChI is InChI=1S/C15H14F3NO2.C2H6/c1-4-5-6-11(2)19-10-12-9-13(21-15(16,17)18)7-8-14(12)20-3;1-2/h4-10H,1-2H2,3H3;1-2H3/b6-5-,19-10?;. The van der Waals surface area contributed by atoms with E-state index in [1.807, 2.05) is 13.8 Å². The minimum atomic E-state index is -4.75. The second kappa shape index (κ2) is 10.3. The Morgan fingerprint density at radius 2 is 1.91 bits per heavy atom. The average molecular weight is 327 g/mol. The lowest BCUT2D eigenvalue weighted by Crippen LogP contribution is -2.17. The number of benzene rings is 1. The van der Waals surface area contributed by atoms with E-state index in [-0.39, 0.29) is 5.75 Å². The van der Waals surface area contributed by atoms with Crippen LogP contribution in [0.5, 0.6) is 11.5 Å². The Balaban J connectivity index is 0.00000232. The highest BCUT2D eigenvalue weighted by Gasteiger charge is 2.31. The van der Waals surface area contributed by atoms with Gasteiger partial charge in [0.2, 0.25) is 0 Å². The molecule has 0 aliphatic carbocycles. The van der Waals surface area contributed by atoms with Gasteiger partial charge in [-0.05, 0) is 24.3 Å². The monoisotopic (exact) mass is 327 g/mol. The maximum absolute atomic E-state index is 12.2. The van der Waals surface area contributed by atoms with Crippen LogP contribution in [0.2, 0.25) is 0 Å². The molecular weight excluding hydrogens is 307 g/mol. The Morgan fingerprint density at radius 1 is 1.26 bits per heavy atom. The number of allylic oxidation sites excluding steroid dienone is 3. The number of rotatable bonds is 6. The summed E-state index contributed by atoms with van der Waals surface area (Å²) in [4.78, 5) is 4.01. The Kier molecular flexibility index (Phi) is 9.15. The van der Waals surface area contributed by atoms with Crippen LogP contribution in [0.3, 0.4) is 0 Å². The third-order valence-electron chi connectivity index (χ3n) is 2.23. The molecule has 0 fully saturated rings. The van der Waals surface area contributed by atoms with Gasteiger partial charge in [-0.1, -0.05) is 39.2 Å². The first kappa shape index (κ1) is 20.5. The summed E-state index contributed by atoms with van der Waals surface area (Å²) >= 11 is 0. The van der Waals surface area contributed by atoms with Gasteiger partial charge in [-0.2, -0.15) is 0 Å². The van der Waals surface area contributed by atoms with Crippen LogP contribution in [0.15, 0.2) is 60.3 Å². The number of hydrogen-bond acceptors (Lipinski definition) is 3. The van der Waals surface area contributed by atoms with Crippen LogP contribution >= 0.6 is 0 Å². The van der Waals surface area contributed by atoms with Crippen molar-refractivity contribution in [3.8, 4) is 11.5 Å². The zero-order chi connectivity index (χ0) is 17.9. The molecule has 0 aliphatic heterocycles. The van der Waals surface area contributed by atoms with Gasteiger partial charge in [0.25, 0.3) is 0 Å². The van der Waals surface area contributed by atoms with Gasteiger partial charge >= 0.3 is 6.36 Å². The van der Waals surface area contributed by atoms with Crippen molar-refractivity contribution in [1.82, 2.24) is 0 Å². The molecule has 0 atom stereocenters. The van der Waals surface area contributed by atoms with Crippen LogP contribution in [0, 0.1) is 0 Å². The first-order chi connectivity index (χ1) is 10.9. The van der Waals surface area contributed by atoms with Gasteiger partial charge in [0.05, 0.1) is 12.8 Å². The average Bonchev–Trinajstić information content (AvgIpc) is 2.51. The molecule has 6 heteroatoms. The number of nitrogens with zero attached hydrogens (tertiary/aromatic N) is 1. The number of halogens is 3. The summed E-state index contributed by atoms with van der Waals surface area (Å²) < 4.78 is 45.5. The van der Waals surface area contributed by atoms with Crippen molar-refractivity contribution in [1.29, 1.82) is 0 Å². The molecule has 0 aromatic heterocycles. The number of methoxy groups -OCH3 is 1. The predicted octanol–water partition coefficient (Wildman–Crippen LogP) is 5.29. The van der Waals surface area contributed by atoms with Gasteiger partial charge in [0.1, 0.15) is 11.5 Å². The van der Waals surface area contributed by atoms with E-state index in [1.165, 1.54) is 25.5 Å². The second-order valence-electron chi connectivity index (χ2n) is 3.80. The zero-order valence-electron chi connectivity index (χ0n) is 13.4. The first-order valence-corrected chi connectivity index (χ1v) is 6.81. The van der Waals surface area contributed by atoms with Crippen LogP contribution in [0.25, 0.3) is 0 Å². The van der Waals surface area contributed by atoms with Crippen LogP contribution in [-0.4, -0.2) is 19.7 Å². The van der Waals surface area contributed by atoms with Gasteiger partial charge in [0, 0.05) is 11.8 Å². The molecule has 23 heavy (non-hydrogen) atoms. The van der Waals surface area contributed by atoms with Crippen LogP contribution in [-0.2, 0) is 0 Å². The molecule has 0 amide bonds. The topological polar surface area (TPSA) is 30.8 Å². The van der Waals surface area contributed by atoms with E-state index in [2.05, 4.69) is 22.9 Å². The first-order valence-electron chi connectivity index (χ1n) is 6.81.